The number of carboxylic acid groups (broad SMARTS) is 1. The number of aromatic nitrogens is 1. The Labute approximate surface area is 118 Å². The van der Waals surface area contributed by atoms with Crippen molar-refractivity contribution in [2.75, 3.05) is 11.4 Å². The molecule has 1 fully saturated rings. The van der Waals surface area contributed by atoms with Crippen LogP contribution in [-0.2, 0) is 0 Å². The summed E-state index contributed by atoms with van der Waals surface area (Å²) in [5.74, 6) is -0.320. The first-order valence-electron chi connectivity index (χ1n) is 6.90. The van der Waals surface area contributed by atoms with Crippen molar-refractivity contribution in [2.24, 2.45) is 0 Å². The van der Waals surface area contributed by atoms with Crippen LogP contribution in [0.2, 0.25) is 0 Å². The van der Waals surface area contributed by atoms with E-state index >= 15 is 0 Å². The first-order valence-corrected chi connectivity index (χ1v) is 6.90. The van der Waals surface area contributed by atoms with Crippen molar-refractivity contribution in [2.45, 2.75) is 32.2 Å². The number of rotatable bonds is 2. The quantitative estimate of drug-likeness (QED) is 0.909. The summed E-state index contributed by atoms with van der Waals surface area (Å²) in [5.41, 5.74) is 1.09. The third-order valence-electron chi connectivity index (χ3n) is 4.09. The molecule has 0 radical (unpaired) electrons. The Balaban J connectivity index is 2.22. The van der Waals surface area contributed by atoms with E-state index in [1.54, 1.807) is 6.07 Å². The van der Waals surface area contributed by atoms with Crippen molar-refractivity contribution in [3.63, 3.8) is 0 Å². The second-order valence-corrected chi connectivity index (χ2v) is 5.93. The number of anilines is 1. The van der Waals surface area contributed by atoms with Crippen molar-refractivity contribution in [3.05, 3.63) is 35.9 Å². The van der Waals surface area contributed by atoms with Gasteiger partial charge >= 0.3 is 5.97 Å². The molecular weight excluding hydrogens is 252 g/mol. The molecule has 0 atom stereocenters. The van der Waals surface area contributed by atoms with Gasteiger partial charge in [0.2, 0.25) is 0 Å². The van der Waals surface area contributed by atoms with Crippen LogP contribution in [0.5, 0.6) is 0 Å². The van der Waals surface area contributed by atoms with Gasteiger partial charge in [0.1, 0.15) is 11.4 Å². The standard InChI is InChI=1S/C16H18N2O2/c1-16(2)8-5-9-18(16)14-12(15(19)20)10-11-6-3-4-7-13(11)17-14/h3-4,6-7,10H,5,8-9H2,1-2H3,(H,19,20). The Morgan fingerprint density at radius 1 is 1.35 bits per heavy atom. The summed E-state index contributed by atoms with van der Waals surface area (Å²) < 4.78 is 0. The maximum absolute atomic E-state index is 11.6. The Bertz CT molecular complexity index is 679. The molecule has 1 aliphatic heterocycles. The highest BCUT2D eigenvalue weighted by Gasteiger charge is 2.35. The van der Waals surface area contributed by atoms with Crippen molar-refractivity contribution >= 4 is 22.7 Å². The van der Waals surface area contributed by atoms with Gasteiger partial charge in [-0.2, -0.15) is 0 Å². The molecule has 104 valence electrons. The average molecular weight is 270 g/mol. The first-order chi connectivity index (χ1) is 9.49. The predicted molar refractivity (Wildman–Crippen MR) is 79.4 cm³/mol. The molecule has 3 rings (SSSR count). The minimum atomic E-state index is -0.916. The fraction of sp³-hybridized carbons (Fsp3) is 0.375. The molecule has 1 aromatic carbocycles. The monoisotopic (exact) mass is 270 g/mol. The topological polar surface area (TPSA) is 53.4 Å². The largest absolute Gasteiger partial charge is 0.478 e. The van der Waals surface area contributed by atoms with E-state index in [4.69, 9.17) is 0 Å². The maximum Gasteiger partial charge on any atom is 0.339 e. The molecule has 1 aliphatic rings. The Morgan fingerprint density at radius 2 is 2.10 bits per heavy atom. The number of para-hydroxylation sites is 1. The van der Waals surface area contributed by atoms with Crippen LogP contribution in [-0.4, -0.2) is 28.1 Å². The predicted octanol–water partition coefficient (Wildman–Crippen LogP) is 3.31. The van der Waals surface area contributed by atoms with Gasteiger partial charge in [-0.3, -0.25) is 0 Å². The van der Waals surface area contributed by atoms with Crippen molar-refractivity contribution < 1.29 is 9.90 Å². The number of hydrogen-bond donors (Lipinski definition) is 1. The van der Waals surface area contributed by atoms with Crippen LogP contribution in [0, 0.1) is 0 Å². The number of carboxylic acids is 1. The van der Waals surface area contributed by atoms with Crippen LogP contribution < -0.4 is 4.90 Å². The lowest BCUT2D eigenvalue weighted by atomic mass is 10.0. The normalized spacial score (nSPS) is 17.6. The minimum absolute atomic E-state index is 0.0420. The Morgan fingerprint density at radius 3 is 2.75 bits per heavy atom. The van der Waals surface area contributed by atoms with Crippen LogP contribution in [0.4, 0.5) is 5.82 Å². The molecule has 2 aromatic rings. The van der Waals surface area contributed by atoms with E-state index in [0.717, 1.165) is 30.3 Å². The molecule has 0 aliphatic carbocycles. The van der Waals surface area contributed by atoms with Gasteiger partial charge in [-0.25, -0.2) is 9.78 Å². The highest BCUT2D eigenvalue weighted by atomic mass is 16.4. The summed E-state index contributed by atoms with van der Waals surface area (Å²) in [6.45, 7) is 5.14. The summed E-state index contributed by atoms with van der Waals surface area (Å²) in [4.78, 5) is 18.3. The van der Waals surface area contributed by atoms with Crippen molar-refractivity contribution in [1.29, 1.82) is 0 Å². The smallest absolute Gasteiger partial charge is 0.339 e. The summed E-state index contributed by atoms with van der Waals surface area (Å²) in [7, 11) is 0. The maximum atomic E-state index is 11.6. The van der Waals surface area contributed by atoms with Crippen molar-refractivity contribution in [1.82, 2.24) is 4.98 Å². The lowest BCUT2D eigenvalue weighted by Gasteiger charge is -2.33. The van der Waals surface area contributed by atoms with Crippen LogP contribution in [0.3, 0.4) is 0 Å². The number of fused-ring (bicyclic) bond motifs is 1. The number of aromatic carboxylic acids is 1. The number of carbonyl (C=O) groups is 1. The molecule has 0 spiro atoms. The number of hydrogen-bond acceptors (Lipinski definition) is 3. The molecule has 0 bridgehead atoms. The molecule has 0 saturated carbocycles. The summed E-state index contributed by atoms with van der Waals surface area (Å²) in [6.07, 6.45) is 2.13. The molecule has 0 unspecified atom stereocenters. The zero-order chi connectivity index (χ0) is 14.3. The molecule has 0 amide bonds. The summed E-state index contributed by atoms with van der Waals surface area (Å²) in [5, 5.41) is 10.4. The van der Waals surface area contributed by atoms with Crippen LogP contribution in [0.25, 0.3) is 10.9 Å². The third kappa shape index (κ3) is 2.01. The van der Waals surface area contributed by atoms with Gasteiger partial charge < -0.3 is 10.0 Å². The molecule has 1 N–H and O–H groups in total. The molecule has 4 nitrogen and oxygen atoms in total. The highest BCUT2D eigenvalue weighted by Crippen LogP contribution is 2.35. The SMILES string of the molecule is CC1(C)CCCN1c1nc2ccccc2cc1C(=O)O. The van der Waals surface area contributed by atoms with E-state index < -0.39 is 5.97 Å². The van der Waals surface area contributed by atoms with Crippen LogP contribution in [0.1, 0.15) is 37.0 Å². The Kier molecular flexibility index (Phi) is 2.89. The van der Waals surface area contributed by atoms with E-state index in [0.29, 0.717) is 11.4 Å². The molecule has 1 saturated heterocycles. The fourth-order valence-corrected chi connectivity index (χ4v) is 2.97. The second-order valence-electron chi connectivity index (χ2n) is 5.93. The van der Waals surface area contributed by atoms with Gasteiger partial charge in [0.05, 0.1) is 5.52 Å². The lowest BCUT2D eigenvalue weighted by Crippen LogP contribution is -2.39. The highest BCUT2D eigenvalue weighted by molar-refractivity contribution is 5.98. The lowest BCUT2D eigenvalue weighted by molar-refractivity contribution is 0.0697. The van der Waals surface area contributed by atoms with E-state index in [9.17, 15) is 9.90 Å². The van der Waals surface area contributed by atoms with Gasteiger partial charge in [-0.15, -0.1) is 0 Å². The van der Waals surface area contributed by atoms with Gasteiger partial charge in [-0.1, -0.05) is 18.2 Å². The molecule has 20 heavy (non-hydrogen) atoms. The number of nitrogens with zero attached hydrogens (tertiary/aromatic N) is 2. The number of pyridine rings is 1. The number of benzene rings is 1. The fourth-order valence-electron chi connectivity index (χ4n) is 2.97. The van der Waals surface area contributed by atoms with Gasteiger partial charge in [0, 0.05) is 17.5 Å². The molecule has 1 aromatic heterocycles. The zero-order valence-corrected chi connectivity index (χ0v) is 11.8. The average Bonchev–Trinajstić information content (AvgIpc) is 2.76. The van der Waals surface area contributed by atoms with Crippen LogP contribution in [0.15, 0.2) is 30.3 Å². The minimum Gasteiger partial charge on any atom is -0.478 e. The first kappa shape index (κ1) is 12.9. The van der Waals surface area contributed by atoms with E-state index in [2.05, 4.69) is 23.7 Å². The van der Waals surface area contributed by atoms with Gasteiger partial charge in [0.15, 0.2) is 0 Å². The Hall–Kier alpha value is -2.10. The van der Waals surface area contributed by atoms with E-state index in [1.165, 1.54) is 0 Å². The summed E-state index contributed by atoms with van der Waals surface area (Å²) in [6, 6.07) is 9.37. The molecular formula is C16H18N2O2. The third-order valence-corrected chi connectivity index (χ3v) is 4.09. The summed E-state index contributed by atoms with van der Waals surface area (Å²) >= 11 is 0. The van der Waals surface area contributed by atoms with Gasteiger partial charge in [-0.05, 0) is 38.8 Å². The zero-order valence-electron chi connectivity index (χ0n) is 11.8. The molecule has 2 heterocycles. The van der Waals surface area contributed by atoms with Crippen LogP contribution >= 0.6 is 0 Å². The van der Waals surface area contributed by atoms with E-state index in [1.807, 2.05) is 24.3 Å². The van der Waals surface area contributed by atoms with Gasteiger partial charge in [0.25, 0.3) is 0 Å². The van der Waals surface area contributed by atoms with Crippen molar-refractivity contribution in [3.8, 4) is 0 Å². The molecule has 4 heteroatoms. The second kappa shape index (κ2) is 4.47. The van der Waals surface area contributed by atoms with E-state index in [-0.39, 0.29) is 5.54 Å².